The summed E-state index contributed by atoms with van der Waals surface area (Å²) in [5.74, 6) is -1.48. The maximum atomic E-state index is 12.1. The summed E-state index contributed by atoms with van der Waals surface area (Å²) in [6.07, 6.45) is -3.04. The number of primary amides is 1. The number of benzene rings is 1. The van der Waals surface area contributed by atoms with Gasteiger partial charge in [-0.25, -0.2) is 0 Å². The smallest absolute Gasteiger partial charge is 0.406 e. The van der Waals surface area contributed by atoms with E-state index in [0.717, 1.165) is 12.8 Å². The Kier molecular flexibility index (Phi) is 5.84. The third kappa shape index (κ3) is 5.72. The zero-order chi connectivity index (χ0) is 16.9. The molecule has 1 aliphatic rings. The molecule has 0 radical (unpaired) electrons. The molecule has 5 nitrogen and oxygen atoms in total. The Bertz CT molecular complexity index is 514. The molecular weight excluding hydrogens is 313 g/mol. The molecule has 0 bridgehead atoms. The molecule has 128 valence electrons. The zero-order valence-electron chi connectivity index (χ0n) is 12.4. The number of amides is 1. The van der Waals surface area contributed by atoms with E-state index >= 15 is 0 Å². The van der Waals surface area contributed by atoms with Gasteiger partial charge in [0.1, 0.15) is 5.75 Å². The number of hydrogen-bond acceptors (Lipinski definition) is 4. The van der Waals surface area contributed by atoms with E-state index < -0.39 is 18.2 Å². The van der Waals surface area contributed by atoms with Crippen LogP contribution in [0.1, 0.15) is 24.3 Å². The third-order valence-electron chi connectivity index (χ3n) is 3.69. The van der Waals surface area contributed by atoms with Crippen LogP contribution in [-0.4, -0.2) is 38.1 Å². The number of nitrogens with one attached hydrogen (secondary N) is 1. The minimum absolute atomic E-state index is 0.249. The van der Waals surface area contributed by atoms with Crippen molar-refractivity contribution < 1.29 is 27.4 Å². The first-order valence-electron chi connectivity index (χ1n) is 7.31. The van der Waals surface area contributed by atoms with E-state index in [2.05, 4.69) is 10.1 Å². The second kappa shape index (κ2) is 7.65. The van der Waals surface area contributed by atoms with Crippen LogP contribution in [0, 0.1) is 0 Å². The van der Waals surface area contributed by atoms with Gasteiger partial charge in [-0.1, -0.05) is 12.1 Å². The van der Waals surface area contributed by atoms with E-state index in [1.165, 1.54) is 24.3 Å². The van der Waals surface area contributed by atoms with Crippen molar-refractivity contribution in [1.82, 2.24) is 5.32 Å². The summed E-state index contributed by atoms with van der Waals surface area (Å²) in [5, 5.41) is 3.26. The van der Waals surface area contributed by atoms with E-state index in [-0.39, 0.29) is 11.8 Å². The quantitative estimate of drug-likeness (QED) is 0.835. The summed E-state index contributed by atoms with van der Waals surface area (Å²) in [6, 6.07) is 5.43. The van der Waals surface area contributed by atoms with Crippen molar-refractivity contribution in [2.45, 2.75) is 31.2 Å². The van der Waals surface area contributed by atoms with Crippen LogP contribution in [0.5, 0.6) is 5.75 Å². The Morgan fingerprint density at radius 3 is 2.43 bits per heavy atom. The summed E-state index contributed by atoms with van der Waals surface area (Å²) in [5.41, 5.74) is 5.96. The molecule has 1 aromatic rings. The van der Waals surface area contributed by atoms with Crippen LogP contribution < -0.4 is 15.8 Å². The molecule has 0 saturated carbocycles. The van der Waals surface area contributed by atoms with Crippen molar-refractivity contribution in [3.05, 3.63) is 29.8 Å². The summed E-state index contributed by atoms with van der Waals surface area (Å²) in [6.45, 7) is 1.67. The number of hydrogen-bond donors (Lipinski definition) is 2. The van der Waals surface area contributed by atoms with Gasteiger partial charge < -0.3 is 20.5 Å². The molecule has 1 atom stereocenters. The molecule has 0 spiro atoms. The fourth-order valence-corrected chi connectivity index (χ4v) is 2.47. The van der Waals surface area contributed by atoms with E-state index in [1.54, 1.807) is 0 Å². The summed E-state index contributed by atoms with van der Waals surface area (Å²) < 4.78 is 45.5. The van der Waals surface area contributed by atoms with Crippen molar-refractivity contribution in [3.8, 4) is 5.75 Å². The molecule has 0 aliphatic carbocycles. The third-order valence-corrected chi connectivity index (χ3v) is 3.69. The van der Waals surface area contributed by atoms with Crippen molar-refractivity contribution in [3.63, 3.8) is 0 Å². The molecular formula is C15H19F3N2O3. The average molecular weight is 332 g/mol. The number of ether oxygens (including phenoxy) is 2. The van der Waals surface area contributed by atoms with E-state index in [9.17, 15) is 18.0 Å². The molecule has 1 heterocycles. The maximum Gasteiger partial charge on any atom is 0.573 e. The highest BCUT2D eigenvalue weighted by molar-refractivity contribution is 5.82. The van der Waals surface area contributed by atoms with Crippen molar-refractivity contribution in [1.29, 1.82) is 0 Å². The first kappa shape index (κ1) is 17.6. The van der Waals surface area contributed by atoms with Crippen molar-refractivity contribution in [2.75, 3.05) is 19.8 Å². The second-order valence-corrected chi connectivity index (χ2v) is 5.37. The normalized spacial score (nSPS) is 17.7. The van der Waals surface area contributed by atoms with E-state index in [4.69, 9.17) is 10.5 Å². The van der Waals surface area contributed by atoms with Gasteiger partial charge in [0.2, 0.25) is 5.91 Å². The highest BCUT2D eigenvalue weighted by Gasteiger charge is 2.31. The van der Waals surface area contributed by atoms with Gasteiger partial charge in [0.25, 0.3) is 0 Å². The van der Waals surface area contributed by atoms with Gasteiger partial charge in [0, 0.05) is 25.8 Å². The van der Waals surface area contributed by atoms with Gasteiger partial charge in [-0.3, -0.25) is 4.79 Å². The van der Waals surface area contributed by atoms with Crippen LogP contribution in [-0.2, 0) is 9.53 Å². The lowest BCUT2D eigenvalue weighted by molar-refractivity contribution is -0.274. The molecule has 1 amide bonds. The standard InChI is InChI=1S/C15H19F3N2O3/c16-15(17,18)23-12-3-1-10(2-4-12)13(14(19)21)9-20-11-5-7-22-8-6-11/h1-4,11,13,20H,5-9H2,(H2,19,21)/t13-/m1/s1. The number of carbonyl (C=O) groups is 1. The number of halogens is 3. The van der Waals surface area contributed by atoms with Crippen molar-refractivity contribution in [2.24, 2.45) is 5.73 Å². The Balaban J connectivity index is 1.98. The fraction of sp³-hybridized carbons (Fsp3) is 0.533. The Labute approximate surface area is 131 Å². The van der Waals surface area contributed by atoms with Gasteiger partial charge in [-0.05, 0) is 30.5 Å². The van der Waals surface area contributed by atoms with Gasteiger partial charge in [-0.15, -0.1) is 13.2 Å². The molecule has 0 unspecified atom stereocenters. The topological polar surface area (TPSA) is 73.6 Å². The first-order chi connectivity index (χ1) is 10.8. The SMILES string of the molecule is NC(=O)[C@H](CNC1CCOCC1)c1ccc(OC(F)(F)F)cc1. The molecule has 1 aromatic carbocycles. The minimum Gasteiger partial charge on any atom is -0.406 e. The molecule has 23 heavy (non-hydrogen) atoms. The summed E-state index contributed by atoms with van der Waals surface area (Å²) in [7, 11) is 0. The van der Waals surface area contributed by atoms with Crippen LogP contribution in [0.4, 0.5) is 13.2 Å². The number of carbonyl (C=O) groups excluding carboxylic acids is 1. The predicted octanol–water partition coefficient (Wildman–Crippen LogP) is 1.92. The van der Waals surface area contributed by atoms with Crippen LogP contribution >= 0.6 is 0 Å². The maximum absolute atomic E-state index is 12.1. The molecule has 1 saturated heterocycles. The highest BCUT2D eigenvalue weighted by Crippen LogP contribution is 2.25. The average Bonchev–Trinajstić information content (AvgIpc) is 2.48. The van der Waals surface area contributed by atoms with Crippen LogP contribution in [0.3, 0.4) is 0 Å². The number of alkyl halides is 3. The first-order valence-corrected chi connectivity index (χ1v) is 7.31. The molecule has 0 aromatic heterocycles. The second-order valence-electron chi connectivity index (χ2n) is 5.37. The molecule has 3 N–H and O–H groups in total. The van der Waals surface area contributed by atoms with E-state index in [1.807, 2.05) is 0 Å². The highest BCUT2D eigenvalue weighted by atomic mass is 19.4. The largest absolute Gasteiger partial charge is 0.573 e. The fourth-order valence-electron chi connectivity index (χ4n) is 2.47. The molecule has 1 fully saturated rings. The Morgan fingerprint density at radius 1 is 1.30 bits per heavy atom. The van der Waals surface area contributed by atoms with Gasteiger partial charge in [-0.2, -0.15) is 0 Å². The van der Waals surface area contributed by atoms with Crippen LogP contribution in [0.25, 0.3) is 0 Å². The predicted molar refractivity (Wildman–Crippen MR) is 76.9 cm³/mol. The lowest BCUT2D eigenvalue weighted by atomic mass is 9.97. The van der Waals surface area contributed by atoms with E-state index in [0.29, 0.717) is 25.3 Å². The summed E-state index contributed by atoms with van der Waals surface area (Å²) in [4.78, 5) is 11.6. The lowest BCUT2D eigenvalue weighted by Crippen LogP contribution is -2.40. The van der Waals surface area contributed by atoms with Crippen molar-refractivity contribution >= 4 is 5.91 Å². The monoisotopic (exact) mass is 332 g/mol. The zero-order valence-corrected chi connectivity index (χ0v) is 12.4. The lowest BCUT2D eigenvalue weighted by Gasteiger charge is -2.25. The van der Waals surface area contributed by atoms with Gasteiger partial charge in [0.05, 0.1) is 5.92 Å². The summed E-state index contributed by atoms with van der Waals surface area (Å²) >= 11 is 0. The number of nitrogens with two attached hydrogens (primary N) is 1. The molecule has 8 heteroatoms. The van der Waals surface area contributed by atoms with Crippen LogP contribution in [0.15, 0.2) is 24.3 Å². The van der Waals surface area contributed by atoms with Gasteiger partial charge in [0.15, 0.2) is 0 Å². The Morgan fingerprint density at radius 2 is 1.91 bits per heavy atom. The van der Waals surface area contributed by atoms with Crippen LogP contribution in [0.2, 0.25) is 0 Å². The molecule has 1 aliphatic heterocycles. The Hall–Kier alpha value is -1.80. The van der Waals surface area contributed by atoms with Gasteiger partial charge >= 0.3 is 6.36 Å². The molecule has 2 rings (SSSR count). The number of rotatable bonds is 6. The minimum atomic E-state index is -4.74.